The summed E-state index contributed by atoms with van der Waals surface area (Å²) in [6, 6.07) is -0.859. The van der Waals surface area contributed by atoms with Crippen LogP contribution < -0.4 is 11.1 Å². The molecule has 7 heteroatoms. The number of esters is 1. The summed E-state index contributed by atoms with van der Waals surface area (Å²) >= 11 is 0. The number of hydrogen-bond donors (Lipinski definition) is 3. The Bertz CT molecular complexity index is 747. The summed E-state index contributed by atoms with van der Waals surface area (Å²) in [5, 5.41) is 11.9. The average Bonchev–Trinajstić information content (AvgIpc) is 3.08. The lowest BCUT2D eigenvalue weighted by Crippen LogP contribution is -2.40. The van der Waals surface area contributed by atoms with Gasteiger partial charge in [-0.25, -0.2) is 4.79 Å². The van der Waals surface area contributed by atoms with E-state index in [0.717, 1.165) is 57.8 Å². The SMILES string of the molecule is CCCCCCCCCCCCCCCCCCCCCC(=O)OC(CCCCCCC)CCCCCCC(=O)NC(CCCN)C(=O)O. The second-order valence-corrected chi connectivity index (χ2v) is 14.8. The lowest BCUT2D eigenvalue weighted by molar-refractivity contribution is -0.150. The monoisotopic (exact) mass is 695 g/mol. The normalized spacial score (nSPS) is 12.6. The Hall–Kier alpha value is -1.63. The molecule has 290 valence electrons. The molecule has 0 aromatic heterocycles. The van der Waals surface area contributed by atoms with Crippen LogP contribution in [-0.2, 0) is 19.1 Å². The number of carboxylic acids is 1. The van der Waals surface area contributed by atoms with Gasteiger partial charge in [-0.1, -0.05) is 168 Å². The van der Waals surface area contributed by atoms with Crippen LogP contribution in [0.3, 0.4) is 0 Å². The molecule has 7 nitrogen and oxygen atoms in total. The van der Waals surface area contributed by atoms with Crippen molar-refractivity contribution in [1.29, 1.82) is 0 Å². The minimum atomic E-state index is -1.01. The number of aliphatic carboxylic acids is 1. The number of nitrogens with one attached hydrogen (secondary N) is 1. The highest BCUT2D eigenvalue weighted by Gasteiger charge is 2.19. The first-order valence-electron chi connectivity index (χ1n) is 21.4. The molecule has 0 aromatic carbocycles. The van der Waals surface area contributed by atoms with Gasteiger partial charge in [0.1, 0.15) is 12.1 Å². The maximum Gasteiger partial charge on any atom is 0.326 e. The van der Waals surface area contributed by atoms with Crippen molar-refractivity contribution in [2.45, 2.75) is 244 Å². The molecule has 4 N–H and O–H groups in total. The van der Waals surface area contributed by atoms with E-state index < -0.39 is 12.0 Å². The van der Waals surface area contributed by atoms with Crippen molar-refractivity contribution in [2.24, 2.45) is 5.73 Å². The van der Waals surface area contributed by atoms with Crippen LogP contribution in [0.25, 0.3) is 0 Å². The zero-order valence-corrected chi connectivity index (χ0v) is 32.6. The molecule has 0 spiro atoms. The van der Waals surface area contributed by atoms with E-state index in [0.29, 0.717) is 32.2 Å². The highest BCUT2D eigenvalue weighted by molar-refractivity contribution is 5.83. The van der Waals surface area contributed by atoms with Gasteiger partial charge >= 0.3 is 11.9 Å². The van der Waals surface area contributed by atoms with Gasteiger partial charge in [0.2, 0.25) is 5.91 Å². The standard InChI is InChI=1S/C42H82N2O5/c1-3-5-7-9-10-11-12-13-14-15-16-17-18-19-20-21-22-24-30-36-41(46)49-38(32-27-23-8-6-4-2)33-28-25-26-29-35-40(45)44-39(42(47)48)34-31-37-43/h38-39H,3-37,43H2,1-2H3,(H,44,45)(H,47,48). The van der Waals surface area contributed by atoms with Gasteiger partial charge < -0.3 is 20.9 Å². The Morgan fingerprint density at radius 1 is 0.510 bits per heavy atom. The molecule has 0 rings (SSSR count). The summed E-state index contributed by atoms with van der Waals surface area (Å²) in [4.78, 5) is 36.2. The van der Waals surface area contributed by atoms with Gasteiger partial charge in [0.05, 0.1) is 0 Å². The van der Waals surface area contributed by atoms with Crippen LogP contribution in [0, 0.1) is 0 Å². The number of carbonyl (C=O) groups excluding carboxylic acids is 2. The molecule has 0 saturated carbocycles. The van der Waals surface area contributed by atoms with Crippen LogP contribution in [-0.4, -0.2) is 41.6 Å². The summed E-state index contributed by atoms with van der Waals surface area (Å²) in [6.07, 6.45) is 38.8. The molecule has 1 amide bonds. The third-order valence-corrected chi connectivity index (χ3v) is 9.92. The molecule has 0 fully saturated rings. The molecule has 0 radical (unpaired) electrons. The molecule has 0 aliphatic rings. The number of carbonyl (C=O) groups is 3. The number of rotatable bonds is 39. The van der Waals surface area contributed by atoms with E-state index >= 15 is 0 Å². The quantitative estimate of drug-likeness (QED) is 0.0435. The second-order valence-electron chi connectivity index (χ2n) is 14.8. The Kier molecular flexibility index (Phi) is 36.4. The molecule has 2 unspecified atom stereocenters. The van der Waals surface area contributed by atoms with Gasteiger partial charge in [-0.3, -0.25) is 9.59 Å². The molecular formula is C42H82N2O5. The molecule has 49 heavy (non-hydrogen) atoms. The zero-order valence-electron chi connectivity index (χ0n) is 32.6. The first kappa shape index (κ1) is 47.4. The lowest BCUT2D eigenvalue weighted by atomic mass is 10.0. The van der Waals surface area contributed by atoms with Crippen LogP contribution in [0.4, 0.5) is 0 Å². The fraction of sp³-hybridized carbons (Fsp3) is 0.929. The third-order valence-electron chi connectivity index (χ3n) is 9.92. The number of amides is 1. The summed E-state index contributed by atoms with van der Waals surface area (Å²) in [5.74, 6) is -1.25. The highest BCUT2D eigenvalue weighted by Crippen LogP contribution is 2.19. The molecule has 0 aliphatic carbocycles. The number of nitrogens with two attached hydrogens (primary N) is 1. The van der Waals surface area contributed by atoms with Gasteiger partial charge in [0.15, 0.2) is 0 Å². The Labute approximate surface area is 303 Å². The summed E-state index contributed by atoms with van der Waals surface area (Å²) < 4.78 is 5.97. The summed E-state index contributed by atoms with van der Waals surface area (Å²) in [5.41, 5.74) is 5.47. The molecule has 0 aliphatic heterocycles. The smallest absolute Gasteiger partial charge is 0.326 e. The molecular weight excluding hydrogens is 612 g/mol. The van der Waals surface area contributed by atoms with E-state index in [1.165, 1.54) is 135 Å². The van der Waals surface area contributed by atoms with E-state index in [1.54, 1.807) is 0 Å². The van der Waals surface area contributed by atoms with Gasteiger partial charge in [-0.05, 0) is 57.9 Å². The predicted octanol–water partition coefficient (Wildman–Crippen LogP) is 11.7. The fourth-order valence-electron chi connectivity index (χ4n) is 6.69. The Morgan fingerprint density at radius 2 is 0.878 bits per heavy atom. The van der Waals surface area contributed by atoms with Crippen LogP contribution in [0.1, 0.15) is 232 Å². The molecule has 0 bridgehead atoms. The Balaban J connectivity index is 3.96. The maximum atomic E-state index is 12.7. The fourth-order valence-corrected chi connectivity index (χ4v) is 6.69. The van der Waals surface area contributed by atoms with Crippen molar-refractivity contribution in [2.75, 3.05) is 6.54 Å². The van der Waals surface area contributed by atoms with E-state index in [4.69, 9.17) is 10.5 Å². The van der Waals surface area contributed by atoms with Crippen LogP contribution >= 0.6 is 0 Å². The lowest BCUT2D eigenvalue weighted by Gasteiger charge is -2.18. The Morgan fingerprint density at radius 3 is 1.27 bits per heavy atom. The van der Waals surface area contributed by atoms with E-state index in [-0.39, 0.29) is 18.0 Å². The van der Waals surface area contributed by atoms with E-state index in [2.05, 4.69) is 19.2 Å². The highest BCUT2D eigenvalue weighted by atomic mass is 16.5. The maximum absolute atomic E-state index is 12.7. The number of carboxylic acid groups (broad SMARTS) is 1. The largest absolute Gasteiger partial charge is 0.480 e. The van der Waals surface area contributed by atoms with Crippen molar-refractivity contribution in [3.8, 4) is 0 Å². The van der Waals surface area contributed by atoms with Crippen LogP contribution in [0.15, 0.2) is 0 Å². The van der Waals surface area contributed by atoms with Crippen molar-refractivity contribution in [3.63, 3.8) is 0 Å². The zero-order chi connectivity index (χ0) is 36.0. The predicted molar refractivity (Wildman–Crippen MR) is 207 cm³/mol. The van der Waals surface area contributed by atoms with E-state index in [1.807, 2.05) is 0 Å². The van der Waals surface area contributed by atoms with Gasteiger partial charge in [-0.15, -0.1) is 0 Å². The number of unbranched alkanes of at least 4 members (excludes halogenated alkanes) is 25. The summed E-state index contributed by atoms with van der Waals surface area (Å²) in [6.45, 7) is 4.92. The second kappa shape index (κ2) is 37.6. The average molecular weight is 695 g/mol. The van der Waals surface area contributed by atoms with Gasteiger partial charge in [-0.2, -0.15) is 0 Å². The van der Waals surface area contributed by atoms with Crippen molar-refractivity contribution in [1.82, 2.24) is 5.32 Å². The topological polar surface area (TPSA) is 119 Å². The first-order valence-corrected chi connectivity index (χ1v) is 21.4. The van der Waals surface area contributed by atoms with Crippen molar-refractivity contribution in [3.05, 3.63) is 0 Å². The van der Waals surface area contributed by atoms with Gasteiger partial charge in [0, 0.05) is 12.8 Å². The summed E-state index contributed by atoms with van der Waals surface area (Å²) in [7, 11) is 0. The molecule has 0 heterocycles. The van der Waals surface area contributed by atoms with Crippen molar-refractivity contribution >= 4 is 17.8 Å². The van der Waals surface area contributed by atoms with Crippen LogP contribution in [0.5, 0.6) is 0 Å². The van der Waals surface area contributed by atoms with E-state index in [9.17, 15) is 19.5 Å². The molecule has 0 aromatic rings. The van der Waals surface area contributed by atoms with Crippen molar-refractivity contribution < 1.29 is 24.2 Å². The van der Waals surface area contributed by atoms with Crippen LogP contribution in [0.2, 0.25) is 0 Å². The van der Waals surface area contributed by atoms with Gasteiger partial charge in [0.25, 0.3) is 0 Å². The molecule has 2 atom stereocenters. The molecule has 0 saturated heterocycles. The minimum absolute atomic E-state index is 0.00313. The third kappa shape index (κ3) is 34.6. The first-order chi connectivity index (χ1) is 23.9. The number of hydrogen-bond acceptors (Lipinski definition) is 5. The minimum Gasteiger partial charge on any atom is -0.480 e. The number of ether oxygens (including phenoxy) is 1.